The highest BCUT2D eigenvalue weighted by Gasteiger charge is 2.23. The number of ether oxygens (including phenoxy) is 1. The molecule has 0 radical (unpaired) electrons. The third-order valence-corrected chi connectivity index (χ3v) is 9.67. The summed E-state index contributed by atoms with van der Waals surface area (Å²) in [7, 11) is -4.08. The fourth-order valence-corrected chi connectivity index (χ4v) is 7.03. The van der Waals surface area contributed by atoms with Gasteiger partial charge >= 0.3 is 0 Å². The maximum Gasteiger partial charge on any atom is 0.271 e. The standard InChI is InChI=1S/C31H29Cl3N4O7S/c32-26-15-23(38(41)42)8-9-30(26)45-31-27(33)16-25(17-28(31)34)46(43,44)36-21-4-6-22(7-5-21)37-12-10-20(11-13-37)35-18-29(40)19-2-1-3-24(39)14-19/h1-9,14-17,20,29,35-36,39-40H,10-13,18H2. The van der Waals surface area contributed by atoms with Crippen LogP contribution in [0.25, 0.3) is 0 Å². The Morgan fingerprint density at radius 2 is 1.63 bits per heavy atom. The molecule has 4 aromatic carbocycles. The number of rotatable bonds is 11. The van der Waals surface area contributed by atoms with Crippen molar-refractivity contribution in [2.24, 2.45) is 0 Å². The number of non-ortho nitro benzene ring substituents is 1. The summed E-state index contributed by atoms with van der Waals surface area (Å²) in [5, 5.41) is 34.2. The monoisotopic (exact) mass is 706 g/mol. The number of nitrogens with one attached hydrogen (secondary N) is 2. The van der Waals surface area contributed by atoms with Crippen LogP contribution in [0.5, 0.6) is 17.2 Å². The Labute approximate surface area is 280 Å². The van der Waals surface area contributed by atoms with Crippen molar-refractivity contribution in [3.05, 3.63) is 110 Å². The summed E-state index contributed by atoms with van der Waals surface area (Å²) in [6, 6.07) is 19.8. The van der Waals surface area contributed by atoms with Gasteiger partial charge in [-0.05, 0) is 73.0 Å². The van der Waals surface area contributed by atoms with Gasteiger partial charge < -0.3 is 25.2 Å². The summed E-state index contributed by atoms with van der Waals surface area (Å²) in [6.07, 6.45) is 0.999. The second kappa shape index (κ2) is 14.3. The number of halogens is 3. The van der Waals surface area contributed by atoms with Crippen molar-refractivity contribution in [1.82, 2.24) is 5.32 Å². The Morgan fingerprint density at radius 3 is 2.24 bits per heavy atom. The van der Waals surface area contributed by atoms with Gasteiger partial charge in [-0.15, -0.1) is 0 Å². The number of anilines is 2. The highest BCUT2D eigenvalue weighted by molar-refractivity contribution is 7.92. The molecule has 4 N–H and O–H groups in total. The predicted molar refractivity (Wildman–Crippen MR) is 178 cm³/mol. The molecule has 1 fully saturated rings. The number of nitro benzene ring substituents is 1. The summed E-state index contributed by atoms with van der Waals surface area (Å²) in [6.45, 7) is 1.94. The zero-order valence-electron chi connectivity index (χ0n) is 24.1. The van der Waals surface area contributed by atoms with E-state index in [1.807, 2.05) is 12.1 Å². The second-order valence-corrected chi connectivity index (χ2v) is 13.5. The Kier molecular flexibility index (Phi) is 10.5. The Morgan fingerprint density at radius 1 is 0.957 bits per heavy atom. The fourth-order valence-electron chi connectivity index (χ4n) is 5.01. The van der Waals surface area contributed by atoms with Crippen molar-refractivity contribution < 1.29 is 28.3 Å². The number of phenolic OH excluding ortho intramolecular Hbond substituents is 1. The molecule has 1 aliphatic rings. The number of aliphatic hydroxyl groups is 1. The molecule has 5 rings (SSSR count). The number of nitro groups is 1. The van der Waals surface area contributed by atoms with Crippen LogP contribution in [-0.2, 0) is 10.0 Å². The number of hydrogen-bond donors (Lipinski definition) is 4. The van der Waals surface area contributed by atoms with Gasteiger partial charge in [0.1, 0.15) is 11.5 Å². The van der Waals surface area contributed by atoms with E-state index in [0.717, 1.165) is 37.7 Å². The average Bonchev–Trinajstić information content (AvgIpc) is 3.02. The van der Waals surface area contributed by atoms with Crippen molar-refractivity contribution in [3.8, 4) is 17.2 Å². The van der Waals surface area contributed by atoms with E-state index in [1.54, 1.807) is 36.4 Å². The second-order valence-electron chi connectivity index (χ2n) is 10.6. The van der Waals surface area contributed by atoms with Gasteiger partial charge in [-0.25, -0.2) is 8.42 Å². The number of sulfonamides is 1. The first-order chi connectivity index (χ1) is 21.9. The molecular formula is C31H29Cl3N4O7S. The predicted octanol–water partition coefficient (Wildman–Crippen LogP) is 7.15. The van der Waals surface area contributed by atoms with E-state index >= 15 is 0 Å². The molecule has 0 spiro atoms. The van der Waals surface area contributed by atoms with Gasteiger partial charge in [0, 0.05) is 49.2 Å². The smallest absolute Gasteiger partial charge is 0.271 e. The highest BCUT2D eigenvalue weighted by Crippen LogP contribution is 2.41. The topological polar surface area (TPSA) is 154 Å². The molecule has 0 bridgehead atoms. The molecule has 242 valence electrons. The van der Waals surface area contributed by atoms with E-state index < -0.39 is 21.1 Å². The minimum absolute atomic E-state index is 0.0501. The molecule has 0 saturated carbocycles. The summed E-state index contributed by atoms with van der Waals surface area (Å²) in [4.78, 5) is 12.4. The molecule has 11 nitrogen and oxygen atoms in total. The molecule has 15 heteroatoms. The lowest BCUT2D eigenvalue weighted by atomic mass is 10.0. The zero-order valence-corrected chi connectivity index (χ0v) is 27.2. The van der Waals surface area contributed by atoms with Crippen LogP contribution in [0, 0.1) is 10.1 Å². The van der Waals surface area contributed by atoms with Gasteiger partial charge in [0.25, 0.3) is 15.7 Å². The van der Waals surface area contributed by atoms with E-state index in [2.05, 4.69) is 14.9 Å². The third-order valence-electron chi connectivity index (χ3n) is 7.45. The summed E-state index contributed by atoms with van der Waals surface area (Å²) < 4.78 is 34.5. The first kappa shape index (κ1) is 33.6. The first-order valence-electron chi connectivity index (χ1n) is 14.1. The van der Waals surface area contributed by atoms with Gasteiger partial charge in [-0.2, -0.15) is 0 Å². The Bertz CT molecular complexity index is 1810. The SMILES string of the molecule is O=[N+]([O-])c1ccc(Oc2c(Cl)cc(S(=O)(=O)Nc3ccc(N4CCC(NCC(O)c5cccc(O)c5)CC4)cc3)cc2Cl)c(Cl)c1. The van der Waals surface area contributed by atoms with Gasteiger partial charge in [-0.1, -0.05) is 46.9 Å². The molecule has 1 aliphatic heterocycles. The third kappa shape index (κ3) is 8.13. The normalized spacial score (nSPS) is 14.6. The lowest BCUT2D eigenvalue weighted by molar-refractivity contribution is -0.384. The van der Waals surface area contributed by atoms with Crippen LogP contribution in [0.3, 0.4) is 0 Å². The van der Waals surface area contributed by atoms with E-state index in [-0.39, 0.29) is 48.9 Å². The summed E-state index contributed by atoms with van der Waals surface area (Å²) in [5.41, 5.74) is 1.71. The van der Waals surface area contributed by atoms with Gasteiger partial charge in [-0.3, -0.25) is 14.8 Å². The van der Waals surface area contributed by atoms with Crippen LogP contribution in [0.15, 0.2) is 83.8 Å². The maximum absolute atomic E-state index is 13.2. The van der Waals surface area contributed by atoms with Crippen molar-refractivity contribution in [3.63, 3.8) is 0 Å². The molecule has 1 atom stereocenters. The maximum atomic E-state index is 13.2. The molecular weight excluding hydrogens is 679 g/mol. The average molecular weight is 708 g/mol. The number of nitrogens with zero attached hydrogens (tertiary/aromatic N) is 2. The molecule has 1 saturated heterocycles. The minimum Gasteiger partial charge on any atom is -0.508 e. The summed E-state index contributed by atoms with van der Waals surface area (Å²) in [5.74, 6) is 0.106. The van der Waals surface area contributed by atoms with Crippen LogP contribution in [0.2, 0.25) is 15.1 Å². The minimum atomic E-state index is -4.08. The Balaban J connectivity index is 1.17. The summed E-state index contributed by atoms with van der Waals surface area (Å²) >= 11 is 18.8. The highest BCUT2D eigenvalue weighted by atomic mass is 35.5. The lowest BCUT2D eigenvalue weighted by Crippen LogP contribution is -2.43. The van der Waals surface area contributed by atoms with Crippen molar-refractivity contribution in [2.45, 2.75) is 29.9 Å². The molecule has 1 unspecified atom stereocenters. The largest absolute Gasteiger partial charge is 0.508 e. The van der Waals surface area contributed by atoms with Gasteiger partial charge in [0.2, 0.25) is 0 Å². The van der Waals surface area contributed by atoms with Gasteiger partial charge in [0.05, 0.1) is 31.0 Å². The number of aromatic hydroxyl groups is 1. The fraction of sp³-hybridized carbons (Fsp3) is 0.226. The molecule has 0 amide bonds. The van der Waals surface area contributed by atoms with Crippen molar-refractivity contribution in [1.29, 1.82) is 0 Å². The van der Waals surface area contributed by atoms with E-state index in [4.69, 9.17) is 39.5 Å². The van der Waals surface area contributed by atoms with Crippen molar-refractivity contribution >= 4 is 61.9 Å². The quantitative estimate of drug-likeness (QED) is 0.0940. The van der Waals surface area contributed by atoms with Crippen LogP contribution in [0.1, 0.15) is 24.5 Å². The molecule has 46 heavy (non-hydrogen) atoms. The molecule has 0 aliphatic carbocycles. The number of piperidine rings is 1. The number of benzene rings is 4. The van der Waals surface area contributed by atoms with E-state index in [1.165, 1.54) is 24.3 Å². The van der Waals surface area contributed by atoms with E-state index in [9.17, 15) is 28.7 Å². The number of aliphatic hydroxyl groups excluding tert-OH is 1. The van der Waals surface area contributed by atoms with E-state index in [0.29, 0.717) is 17.8 Å². The first-order valence-corrected chi connectivity index (χ1v) is 16.7. The van der Waals surface area contributed by atoms with Gasteiger partial charge in [0.15, 0.2) is 5.75 Å². The lowest BCUT2D eigenvalue weighted by Gasteiger charge is -2.34. The molecule has 1 heterocycles. The van der Waals surface area contributed by atoms with Crippen LogP contribution in [0.4, 0.5) is 17.1 Å². The molecule has 4 aromatic rings. The van der Waals surface area contributed by atoms with Crippen LogP contribution < -0.4 is 19.7 Å². The molecule has 0 aromatic heterocycles. The number of hydrogen-bond acceptors (Lipinski definition) is 9. The Hall–Kier alpha value is -3.78. The van der Waals surface area contributed by atoms with Crippen LogP contribution in [-0.4, -0.2) is 49.2 Å². The van der Waals surface area contributed by atoms with Crippen molar-refractivity contribution in [2.75, 3.05) is 29.3 Å². The zero-order chi connectivity index (χ0) is 33.0. The van der Waals surface area contributed by atoms with Crippen LogP contribution >= 0.6 is 34.8 Å². The number of phenols is 1.